The molecule has 0 unspecified atom stereocenters. The number of hydrogen-bond acceptors (Lipinski definition) is 4. The number of nitrogens with two attached hydrogens (primary N) is 1. The van der Waals surface area contributed by atoms with E-state index in [1.54, 1.807) is 4.68 Å². The van der Waals surface area contributed by atoms with Crippen molar-refractivity contribution >= 4 is 5.96 Å². The van der Waals surface area contributed by atoms with Crippen LogP contribution in [-0.4, -0.2) is 72.5 Å². The van der Waals surface area contributed by atoms with Crippen LogP contribution in [0.2, 0.25) is 0 Å². The van der Waals surface area contributed by atoms with Gasteiger partial charge in [0.15, 0.2) is 5.96 Å². The first kappa shape index (κ1) is 14.8. The number of ether oxygens (including phenoxy) is 1. The highest BCUT2D eigenvalue weighted by Crippen LogP contribution is 2.17. The minimum atomic E-state index is 0.184. The van der Waals surface area contributed by atoms with Crippen LogP contribution in [0.25, 0.3) is 0 Å². The summed E-state index contributed by atoms with van der Waals surface area (Å²) in [5.41, 5.74) is 7.21. The van der Waals surface area contributed by atoms with Crippen molar-refractivity contribution in [1.82, 2.24) is 19.6 Å². The molecule has 2 N–H and O–H groups in total. The molecule has 1 atom stereocenters. The maximum Gasteiger partial charge on any atom is 0.191 e. The van der Waals surface area contributed by atoms with Gasteiger partial charge in [-0.1, -0.05) is 0 Å². The summed E-state index contributed by atoms with van der Waals surface area (Å²) in [6.07, 6.45) is 3.90. The minimum absolute atomic E-state index is 0.184. The monoisotopic (exact) mass is 280 g/mol. The number of likely N-dealkylation sites (N-methyl/N-ethyl adjacent to an activating group) is 1. The largest absolute Gasteiger partial charge is 0.378 e. The van der Waals surface area contributed by atoms with E-state index in [0.717, 1.165) is 31.9 Å². The van der Waals surface area contributed by atoms with Gasteiger partial charge in [0, 0.05) is 31.9 Å². The highest BCUT2D eigenvalue weighted by molar-refractivity contribution is 5.78. The zero-order chi connectivity index (χ0) is 14.5. The molecule has 0 amide bonds. The Morgan fingerprint density at radius 1 is 1.50 bits per heavy atom. The molecule has 0 radical (unpaired) electrons. The van der Waals surface area contributed by atoms with E-state index in [2.05, 4.69) is 19.9 Å². The van der Waals surface area contributed by atoms with Crippen molar-refractivity contribution in [3.05, 3.63) is 18.0 Å². The predicted molar refractivity (Wildman–Crippen MR) is 78.5 cm³/mol. The summed E-state index contributed by atoms with van der Waals surface area (Å²) >= 11 is 0. The van der Waals surface area contributed by atoms with Gasteiger partial charge in [-0.2, -0.15) is 5.10 Å². The van der Waals surface area contributed by atoms with Gasteiger partial charge in [-0.15, -0.1) is 0 Å². The third-order valence-electron chi connectivity index (χ3n) is 3.49. The van der Waals surface area contributed by atoms with E-state index in [1.165, 1.54) is 0 Å². The van der Waals surface area contributed by atoms with E-state index < -0.39 is 0 Å². The fraction of sp³-hybridized carbons (Fsp3) is 0.692. The summed E-state index contributed by atoms with van der Waals surface area (Å²) < 4.78 is 7.12. The number of aromatic nitrogens is 2. The molecule has 1 aromatic heterocycles. The number of nitrogens with zero attached hydrogens (tertiary/aromatic N) is 5. The van der Waals surface area contributed by atoms with Crippen molar-refractivity contribution in [1.29, 1.82) is 0 Å². The van der Waals surface area contributed by atoms with E-state index in [0.29, 0.717) is 12.5 Å². The summed E-state index contributed by atoms with van der Waals surface area (Å²) in [5.74, 6) is 0.601. The van der Waals surface area contributed by atoms with Gasteiger partial charge in [0.25, 0.3) is 0 Å². The van der Waals surface area contributed by atoms with E-state index in [1.807, 2.05) is 33.5 Å². The van der Waals surface area contributed by atoms with E-state index in [-0.39, 0.29) is 6.04 Å². The standard InChI is InChI=1S/C13H24N6O/c1-17(2)12(11-8-16-18(3)10-11)9-15-13(14)19-4-6-20-7-5-19/h8,10,12H,4-7,9H2,1-3H3,(H2,14,15)/t12-/m0/s1. The zero-order valence-electron chi connectivity index (χ0n) is 12.5. The third kappa shape index (κ3) is 3.71. The fourth-order valence-electron chi connectivity index (χ4n) is 2.25. The lowest BCUT2D eigenvalue weighted by molar-refractivity contribution is 0.0673. The molecule has 7 heteroatoms. The smallest absolute Gasteiger partial charge is 0.191 e. The van der Waals surface area contributed by atoms with Gasteiger partial charge in [0.1, 0.15) is 0 Å². The molecule has 0 spiro atoms. The van der Waals surface area contributed by atoms with Gasteiger partial charge in [-0.25, -0.2) is 0 Å². The molecule has 0 bridgehead atoms. The van der Waals surface area contributed by atoms with Gasteiger partial charge in [0.2, 0.25) is 0 Å². The van der Waals surface area contributed by atoms with E-state index >= 15 is 0 Å². The number of hydrogen-bond donors (Lipinski definition) is 1. The highest BCUT2D eigenvalue weighted by Gasteiger charge is 2.17. The maximum atomic E-state index is 6.06. The summed E-state index contributed by atoms with van der Waals surface area (Å²) in [6, 6.07) is 0.184. The molecule has 1 aromatic rings. The molecule has 112 valence electrons. The van der Waals surface area contributed by atoms with Gasteiger partial charge in [0.05, 0.1) is 32.0 Å². The Morgan fingerprint density at radius 3 is 2.75 bits per heavy atom. The van der Waals surface area contributed by atoms with E-state index in [4.69, 9.17) is 10.5 Å². The van der Waals surface area contributed by atoms with Crippen molar-refractivity contribution in [2.75, 3.05) is 46.9 Å². The molecule has 2 rings (SSSR count). The number of aryl methyl sites for hydroxylation is 1. The Hall–Kier alpha value is -1.60. The highest BCUT2D eigenvalue weighted by atomic mass is 16.5. The number of aliphatic imine (C=N–C) groups is 1. The summed E-state index contributed by atoms with van der Waals surface area (Å²) in [6.45, 7) is 3.69. The SMILES string of the molecule is CN(C)[C@@H](CN=C(N)N1CCOCC1)c1cnn(C)c1. The van der Waals surface area contributed by atoms with Gasteiger partial charge < -0.3 is 20.3 Å². The molecule has 7 nitrogen and oxygen atoms in total. The predicted octanol–water partition coefficient (Wildman–Crippen LogP) is -0.330. The van der Waals surface area contributed by atoms with Crippen LogP contribution in [0.1, 0.15) is 11.6 Å². The van der Waals surface area contributed by atoms with Gasteiger partial charge in [-0.05, 0) is 14.1 Å². The molecule has 0 aromatic carbocycles. The fourth-order valence-corrected chi connectivity index (χ4v) is 2.25. The Balaban J connectivity index is 2.01. The Labute approximate surface area is 120 Å². The van der Waals surface area contributed by atoms with Crippen LogP contribution < -0.4 is 5.73 Å². The molecular formula is C13H24N6O. The quantitative estimate of drug-likeness (QED) is 0.604. The zero-order valence-corrected chi connectivity index (χ0v) is 12.5. The third-order valence-corrected chi connectivity index (χ3v) is 3.49. The average molecular weight is 280 g/mol. The lowest BCUT2D eigenvalue weighted by atomic mass is 10.1. The van der Waals surface area contributed by atoms with Crippen LogP contribution >= 0.6 is 0 Å². The lowest BCUT2D eigenvalue weighted by Gasteiger charge is -2.28. The van der Waals surface area contributed by atoms with Crippen LogP contribution in [-0.2, 0) is 11.8 Å². The molecule has 20 heavy (non-hydrogen) atoms. The van der Waals surface area contributed by atoms with Crippen LogP contribution in [0.4, 0.5) is 0 Å². The molecule has 2 heterocycles. The van der Waals surface area contributed by atoms with Crippen LogP contribution in [0.15, 0.2) is 17.4 Å². The molecule has 0 saturated carbocycles. The summed E-state index contributed by atoms with van der Waals surface area (Å²) in [5, 5.41) is 4.22. The normalized spacial score (nSPS) is 18.6. The van der Waals surface area contributed by atoms with Gasteiger partial charge in [-0.3, -0.25) is 9.67 Å². The second kappa shape index (κ2) is 6.71. The Kier molecular flexibility index (Phi) is 4.97. The Bertz CT molecular complexity index is 449. The molecule has 1 fully saturated rings. The van der Waals surface area contributed by atoms with Crippen LogP contribution in [0.5, 0.6) is 0 Å². The van der Waals surface area contributed by atoms with Crippen LogP contribution in [0.3, 0.4) is 0 Å². The van der Waals surface area contributed by atoms with Crippen LogP contribution in [0, 0.1) is 0 Å². The maximum absolute atomic E-state index is 6.06. The Morgan fingerprint density at radius 2 is 2.20 bits per heavy atom. The van der Waals surface area contributed by atoms with Crippen molar-refractivity contribution < 1.29 is 4.74 Å². The average Bonchev–Trinajstić information content (AvgIpc) is 2.86. The molecule has 1 aliphatic rings. The molecular weight excluding hydrogens is 256 g/mol. The molecule has 0 aliphatic carbocycles. The first-order valence-corrected chi connectivity index (χ1v) is 6.85. The van der Waals surface area contributed by atoms with E-state index in [9.17, 15) is 0 Å². The second-order valence-electron chi connectivity index (χ2n) is 5.23. The van der Waals surface area contributed by atoms with Crippen molar-refractivity contribution in [3.8, 4) is 0 Å². The van der Waals surface area contributed by atoms with Crippen molar-refractivity contribution in [3.63, 3.8) is 0 Å². The summed E-state index contributed by atoms with van der Waals surface area (Å²) in [7, 11) is 6.00. The lowest BCUT2D eigenvalue weighted by Crippen LogP contribution is -2.45. The molecule has 1 saturated heterocycles. The summed E-state index contributed by atoms with van der Waals surface area (Å²) in [4.78, 5) is 8.74. The minimum Gasteiger partial charge on any atom is -0.378 e. The number of morpholine rings is 1. The topological polar surface area (TPSA) is 71.9 Å². The second-order valence-corrected chi connectivity index (χ2v) is 5.23. The molecule has 1 aliphatic heterocycles. The van der Waals surface area contributed by atoms with Crippen molar-refractivity contribution in [2.24, 2.45) is 17.8 Å². The number of rotatable bonds is 4. The number of guanidine groups is 1. The first-order chi connectivity index (χ1) is 9.58. The van der Waals surface area contributed by atoms with Crippen molar-refractivity contribution in [2.45, 2.75) is 6.04 Å². The first-order valence-electron chi connectivity index (χ1n) is 6.85. The van der Waals surface area contributed by atoms with Gasteiger partial charge >= 0.3 is 0 Å².